The second-order valence-electron chi connectivity index (χ2n) is 2.86. The molecule has 17 heavy (non-hydrogen) atoms. The Morgan fingerprint density at radius 1 is 1.59 bits per heavy atom. The normalized spacial score (nSPS) is 14.0. The zero-order chi connectivity index (χ0) is 15.0. The third-order valence-corrected chi connectivity index (χ3v) is 1.81. The molecular weight excluding hydrogens is 288 g/mol. The van der Waals surface area contributed by atoms with Gasteiger partial charge in [0.2, 0.25) is 0 Å². The molecule has 0 aliphatic carbocycles. The van der Waals surface area contributed by atoms with Gasteiger partial charge >= 0.3 is 6.09 Å². The van der Waals surface area contributed by atoms with Crippen molar-refractivity contribution in [2.45, 2.75) is 12.1 Å². The summed E-state index contributed by atoms with van der Waals surface area (Å²) >= 11 is 2.91. The molecule has 0 saturated heterocycles. The maximum absolute atomic E-state index is 11.5. The van der Waals surface area contributed by atoms with E-state index in [0.29, 0.717) is 4.80 Å². The molecule has 1 aromatic rings. The van der Waals surface area contributed by atoms with E-state index in [9.17, 15) is 4.79 Å². The minimum absolute atomic E-state index is 0.0530. The van der Waals surface area contributed by atoms with Gasteiger partial charge in [-0.05, 0) is 15.9 Å². The van der Waals surface area contributed by atoms with Crippen LogP contribution in [0.2, 0.25) is 0 Å². The van der Waals surface area contributed by atoms with Gasteiger partial charge in [-0.3, -0.25) is 4.90 Å². The molecule has 0 bridgehead atoms. The Bertz CT molecular complexity index is 484. The summed E-state index contributed by atoms with van der Waals surface area (Å²) in [4.78, 5) is 12.1. The van der Waals surface area contributed by atoms with Gasteiger partial charge in [-0.2, -0.15) is 9.90 Å². The van der Waals surface area contributed by atoms with E-state index in [4.69, 9.17) is 37.6 Å². The molecule has 0 fully saturated rings. The molecule has 0 spiro atoms. The number of rotatable bonds is 3. The Labute approximate surface area is 112 Å². The van der Waals surface area contributed by atoms with Crippen LogP contribution in [0.4, 0.5) is 4.79 Å². The minimum Gasteiger partial charge on any atom is -0.442 e. The first-order valence-electron chi connectivity index (χ1n) is 4.98. The van der Waals surface area contributed by atoms with Gasteiger partial charge in [0, 0.05) is 20.8 Å². The zero-order valence-corrected chi connectivity index (χ0v) is 9.96. The number of nitrogens with zero attached hydrogens (tertiary/aromatic N) is 4. The third-order valence-electron chi connectivity index (χ3n) is 1.28. The van der Waals surface area contributed by atoms with Crippen LogP contribution in [-0.4, -0.2) is 31.6 Å². The molecule has 1 heterocycles. The van der Waals surface area contributed by atoms with Gasteiger partial charge in [0.1, 0.15) is 18.3 Å². The van der Waals surface area contributed by atoms with E-state index in [1.165, 1.54) is 0 Å². The Morgan fingerprint density at radius 2 is 2.18 bits per heavy atom. The molecule has 6 nitrogen and oxygen atoms in total. The number of halogens is 1. The highest BCUT2D eigenvalue weighted by molar-refractivity contribution is 9.10. The largest absolute Gasteiger partial charge is 0.442 e. The van der Waals surface area contributed by atoms with Crippen LogP contribution >= 0.6 is 15.9 Å². The first-order chi connectivity index (χ1) is 8.45. The summed E-state index contributed by atoms with van der Waals surface area (Å²) < 4.78 is 19.7. The molecule has 0 N–H and O–H groups in total. The van der Waals surface area contributed by atoms with Crippen LogP contribution < -0.4 is 0 Å². The standard InChI is InChI=1S/C10H7BrN4O2/c1-10(2,3)17-9(16)14(4)6-7-8(11)13-15(5)12-7/h1-5H,6H2/i6D2. The first-order valence-corrected chi connectivity index (χ1v) is 4.77. The van der Waals surface area contributed by atoms with Crippen LogP contribution in [0.1, 0.15) is 8.44 Å². The maximum Gasteiger partial charge on any atom is 0.411 e. The number of hydrogen-bond donors (Lipinski definition) is 0. The molecule has 86 valence electrons. The van der Waals surface area contributed by atoms with Crippen molar-refractivity contribution in [3.63, 3.8) is 0 Å². The molecule has 0 unspecified atom stereocenters. The molecule has 0 saturated carbocycles. The van der Waals surface area contributed by atoms with Crippen LogP contribution in [0.3, 0.4) is 0 Å². The summed E-state index contributed by atoms with van der Waals surface area (Å²) in [7, 11) is 10.5. The second-order valence-corrected chi connectivity index (χ2v) is 3.61. The van der Waals surface area contributed by atoms with Crippen molar-refractivity contribution in [2.24, 2.45) is 0 Å². The monoisotopic (exact) mass is 296 g/mol. The van der Waals surface area contributed by atoms with Gasteiger partial charge in [0.05, 0.1) is 16.3 Å². The Hall–Kier alpha value is -1.11. The number of aromatic nitrogens is 3. The molecule has 1 rings (SSSR count). The fourth-order valence-electron chi connectivity index (χ4n) is 0.732. The maximum atomic E-state index is 11.5. The molecule has 0 aromatic carbocycles. The van der Waals surface area contributed by atoms with E-state index in [0.717, 1.165) is 0 Å². The summed E-state index contributed by atoms with van der Waals surface area (Å²) in [6, 6.07) is 0. The van der Waals surface area contributed by atoms with Crippen molar-refractivity contribution < 1.29 is 12.3 Å². The summed E-state index contributed by atoms with van der Waals surface area (Å²) in [6.45, 7) is 12.5. The smallest absolute Gasteiger partial charge is 0.411 e. The lowest BCUT2D eigenvalue weighted by molar-refractivity contribution is 0.0730. The van der Waals surface area contributed by atoms with Crippen LogP contribution in [0, 0.1) is 34.9 Å². The molecular formula is C10H7BrN4O2. The van der Waals surface area contributed by atoms with Gasteiger partial charge in [-0.25, -0.2) is 4.79 Å². The second kappa shape index (κ2) is 5.03. The van der Waals surface area contributed by atoms with Crippen LogP contribution in [-0.2, 0) is 11.2 Å². The van der Waals surface area contributed by atoms with Crippen molar-refractivity contribution in [2.75, 3.05) is 0 Å². The van der Waals surface area contributed by atoms with E-state index >= 15 is 0 Å². The lowest BCUT2D eigenvalue weighted by Crippen LogP contribution is -2.33. The molecule has 1 amide bonds. The number of ether oxygens (including phenoxy) is 1. The molecule has 0 aliphatic heterocycles. The highest BCUT2D eigenvalue weighted by atomic mass is 79.9. The predicted molar refractivity (Wildman–Crippen MR) is 59.4 cm³/mol. The summed E-state index contributed by atoms with van der Waals surface area (Å²) in [5.41, 5.74) is -2.65. The van der Waals surface area contributed by atoms with Crippen molar-refractivity contribution >= 4 is 22.0 Å². The predicted octanol–water partition coefficient (Wildman–Crippen LogP) is 1.04. The Kier molecular flexibility index (Phi) is 3.26. The lowest BCUT2D eigenvalue weighted by atomic mass is 10.2. The summed E-state index contributed by atoms with van der Waals surface area (Å²) in [5, 5.41) is 7.07. The highest BCUT2D eigenvalue weighted by Gasteiger charge is 2.22. The fourth-order valence-corrected chi connectivity index (χ4v) is 1.06. The average Bonchev–Trinajstić information content (AvgIpc) is 2.54. The lowest BCUT2D eigenvalue weighted by Gasteiger charge is -2.22. The van der Waals surface area contributed by atoms with Crippen molar-refractivity contribution in [1.82, 2.24) is 19.9 Å². The van der Waals surface area contributed by atoms with Crippen molar-refractivity contribution in [3.05, 3.63) is 45.2 Å². The summed E-state index contributed by atoms with van der Waals surface area (Å²) in [6.07, 6.45) is -1.41. The van der Waals surface area contributed by atoms with Crippen molar-refractivity contribution in [1.29, 1.82) is 0 Å². The molecule has 0 atom stereocenters. The van der Waals surface area contributed by atoms with E-state index in [-0.39, 0.29) is 15.2 Å². The summed E-state index contributed by atoms with van der Waals surface area (Å²) in [5.74, 6) is 0. The van der Waals surface area contributed by atoms with E-state index in [1.54, 1.807) is 0 Å². The van der Waals surface area contributed by atoms with Crippen LogP contribution in [0.5, 0.6) is 0 Å². The topological polar surface area (TPSA) is 60.2 Å². The third kappa shape index (κ3) is 4.33. The average molecular weight is 297 g/mol. The van der Waals surface area contributed by atoms with Crippen molar-refractivity contribution in [3.8, 4) is 0 Å². The quantitative estimate of drug-likeness (QED) is 0.782. The zero-order valence-electron chi connectivity index (χ0n) is 10.4. The van der Waals surface area contributed by atoms with Gasteiger partial charge < -0.3 is 4.74 Å². The molecule has 1 aromatic heterocycles. The molecule has 10 radical (unpaired) electrons. The number of hydrogen-bond acceptors (Lipinski definition) is 4. The SMILES string of the molecule is [2H]C([2H])(c1nn([CH])nc1Br)N([CH])C(=O)OC([CH])([CH])[CH]. The highest BCUT2D eigenvalue weighted by Crippen LogP contribution is 2.15. The number of amides is 1. The molecule has 7 heteroatoms. The van der Waals surface area contributed by atoms with E-state index < -0.39 is 18.2 Å². The van der Waals surface area contributed by atoms with E-state index in [1.807, 2.05) is 0 Å². The Balaban J connectivity index is 3.00. The first kappa shape index (κ1) is 11.0. The van der Waals surface area contributed by atoms with Crippen LogP contribution in [0.25, 0.3) is 0 Å². The van der Waals surface area contributed by atoms with Gasteiger partial charge in [-0.1, -0.05) is 0 Å². The van der Waals surface area contributed by atoms with Gasteiger partial charge in [0.15, 0.2) is 4.60 Å². The molecule has 0 aliphatic rings. The van der Waals surface area contributed by atoms with Crippen LogP contribution in [0.15, 0.2) is 4.60 Å². The van der Waals surface area contributed by atoms with Gasteiger partial charge in [0.25, 0.3) is 0 Å². The van der Waals surface area contributed by atoms with Gasteiger partial charge in [-0.15, -0.1) is 5.10 Å². The fraction of sp³-hybridized carbons (Fsp3) is 0.200. The number of carbonyl (C=O) groups excluding carboxylic acids is 1. The van der Waals surface area contributed by atoms with E-state index in [2.05, 4.69) is 30.9 Å². The Morgan fingerprint density at radius 3 is 2.59 bits per heavy atom. The minimum atomic E-state index is -2.60. The number of carbonyl (C=O) groups is 1.